The average Bonchev–Trinajstić information content (AvgIpc) is 2.27. The number of aldehydes is 1. The Hall–Kier alpha value is -1.37. The highest BCUT2D eigenvalue weighted by Gasteiger charge is 2.25. The molecule has 0 spiro atoms. The van der Waals surface area contributed by atoms with Crippen molar-refractivity contribution in [3.63, 3.8) is 0 Å². The van der Waals surface area contributed by atoms with Gasteiger partial charge in [-0.2, -0.15) is 13.2 Å². The summed E-state index contributed by atoms with van der Waals surface area (Å²) in [5.41, 5.74) is 0.106. The summed E-state index contributed by atoms with van der Waals surface area (Å²) in [6.45, 7) is 0.282. The zero-order valence-corrected chi connectivity index (χ0v) is 10.1. The van der Waals surface area contributed by atoms with Gasteiger partial charge in [-0.05, 0) is 12.8 Å². The van der Waals surface area contributed by atoms with Gasteiger partial charge in [-0.3, -0.25) is 4.79 Å². The predicted octanol–water partition coefficient (Wildman–Crippen LogP) is 3.09. The molecule has 0 aliphatic heterocycles. The Bertz CT molecular complexity index is 412. The fraction of sp³-hybridized carbons (Fsp3) is 0.500. The SMILES string of the molecule is O=Cc1c(Cl)ncnc1NCCCCC(F)(F)F. The van der Waals surface area contributed by atoms with E-state index in [9.17, 15) is 18.0 Å². The molecule has 1 aromatic heterocycles. The standard InChI is InChI=1S/C10H11ClF3N3O/c11-8-7(5-18)9(17-6-16-8)15-4-2-1-3-10(12,13)14/h5-6H,1-4H2,(H,15,16,17). The van der Waals surface area contributed by atoms with E-state index < -0.39 is 12.6 Å². The molecule has 8 heteroatoms. The molecule has 1 aromatic rings. The van der Waals surface area contributed by atoms with Crippen LogP contribution >= 0.6 is 11.6 Å². The topological polar surface area (TPSA) is 54.9 Å². The summed E-state index contributed by atoms with van der Waals surface area (Å²) in [6.07, 6.45) is -2.94. The van der Waals surface area contributed by atoms with E-state index in [1.165, 1.54) is 6.33 Å². The molecule has 0 fully saturated rings. The molecular formula is C10H11ClF3N3O. The molecule has 1 heterocycles. The van der Waals surface area contributed by atoms with E-state index in [1.54, 1.807) is 0 Å². The maximum absolute atomic E-state index is 11.9. The van der Waals surface area contributed by atoms with Gasteiger partial charge < -0.3 is 5.32 Å². The molecule has 0 radical (unpaired) electrons. The average molecular weight is 282 g/mol. The molecule has 0 saturated heterocycles. The first kappa shape index (κ1) is 14.7. The molecule has 18 heavy (non-hydrogen) atoms. The molecule has 1 N–H and O–H groups in total. The van der Waals surface area contributed by atoms with Crippen molar-refractivity contribution in [2.75, 3.05) is 11.9 Å². The van der Waals surface area contributed by atoms with E-state index in [-0.39, 0.29) is 29.5 Å². The van der Waals surface area contributed by atoms with Crippen molar-refractivity contribution in [2.45, 2.75) is 25.4 Å². The summed E-state index contributed by atoms with van der Waals surface area (Å²) in [5, 5.41) is 2.77. The van der Waals surface area contributed by atoms with E-state index >= 15 is 0 Å². The number of nitrogens with zero attached hydrogens (tertiary/aromatic N) is 2. The Morgan fingerprint density at radius 2 is 2.06 bits per heavy atom. The van der Waals surface area contributed by atoms with Gasteiger partial charge in [0.25, 0.3) is 0 Å². The number of hydrogen-bond donors (Lipinski definition) is 1. The van der Waals surface area contributed by atoms with Crippen molar-refractivity contribution in [1.82, 2.24) is 9.97 Å². The lowest BCUT2D eigenvalue weighted by Crippen LogP contribution is -2.10. The van der Waals surface area contributed by atoms with Gasteiger partial charge in [0.05, 0.1) is 5.56 Å². The molecule has 0 aliphatic rings. The molecule has 4 nitrogen and oxygen atoms in total. The van der Waals surface area contributed by atoms with E-state index in [2.05, 4.69) is 15.3 Å². The first-order valence-electron chi connectivity index (χ1n) is 5.20. The highest BCUT2D eigenvalue weighted by Crippen LogP contribution is 2.22. The van der Waals surface area contributed by atoms with Crippen LogP contribution in [0.25, 0.3) is 0 Å². The number of carbonyl (C=O) groups excluding carboxylic acids is 1. The number of rotatable bonds is 6. The summed E-state index contributed by atoms with van der Waals surface area (Å²) >= 11 is 5.66. The fourth-order valence-corrected chi connectivity index (χ4v) is 1.45. The molecule has 0 amide bonds. The third-order valence-corrected chi connectivity index (χ3v) is 2.43. The van der Waals surface area contributed by atoms with Crippen LogP contribution in [0.5, 0.6) is 0 Å². The van der Waals surface area contributed by atoms with Gasteiger partial charge in [0.15, 0.2) is 6.29 Å². The largest absolute Gasteiger partial charge is 0.389 e. The second-order valence-electron chi connectivity index (χ2n) is 3.54. The Morgan fingerprint density at radius 1 is 1.33 bits per heavy atom. The van der Waals surface area contributed by atoms with Gasteiger partial charge >= 0.3 is 6.18 Å². The van der Waals surface area contributed by atoms with Crippen molar-refractivity contribution >= 4 is 23.7 Å². The van der Waals surface area contributed by atoms with Gasteiger partial charge in [-0.15, -0.1) is 0 Å². The number of unbranched alkanes of at least 4 members (excludes halogenated alkanes) is 1. The van der Waals surface area contributed by atoms with Crippen LogP contribution in [0, 0.1) is 0 Å². The van der Waals surface area contributed by atoms with E-state index in [4.69, 9.17) is 11.6 Å². The normalized spacial score (nSPS) is 11.3. The molecule has 0 aliphatic carbocycles. The van der Waals surface area contributed by atoms with Crippen molar-refractivity contribution in [2.24, 2.45) is 0 Å². The molecule has 1 rings (SSSR count). The van der Waals surface area contributed by atoms with E-state index in [0.717, 1.165) is 0 Å². The van der Waals surface area contributed by atoms with Crippen LogP contribution in [0.1, 0.15) is 29.6 Å². The molecule has 0 saturated carbocycles. The zero-order valence-electron chi connectivity index (χ0n) is 9.30. The quantitative estimate of drug-likeness (QED) is 0.494. The molecule has 100 valence electrons. The van der Waals surface area contributed by atoms with Crippen LogP contribution in [0.3, 0.4) is 0 Å². The highest BCUT2D eigenvalue weighted by molar-refractivity contribution is 6.32. The number of anilines is 1. The summed E-state index contributed by atoms with van der Waals surface area (Å²) in [6, 6.07) is 0. The minimum Gasteiger partial charge on any atom is -0.369 e. The third-order valence-electron chi connectivity index (χ3n) is 2.13. The third kappa shape index (κ3) is 4.87. The second-order valence-corrected chi connectivity index (χ2v) is 3.90. The summed E-state index contributed by atoms with van der Waals surface area (Å²) in [7, 11) is 0. The van der Waals surface area contributed by atoms with Crippen LogP contribution in [-0.2, 0) is 0 Å². The minimum absolute atomic E-state index is 0.0118. The van der Waals surface area contributed by atoms with Gasteiger partial charge in [0, 0.05) is 13.0 Å². The van der Waals surface area contributed by atoms with E-state index in [0.29, 0.717) is 12.7 Å². The molecule has 0 unspecified atom stereocenters. The molecular weight excluding hydrogens is 271 g/mol. The number of nitrogens with one attached hydrogen (secondary N) is 1. The number of halogens is 4. The maximum Gasteiger partial charge on any atom is 0.389 e. The lowest BCUT2D eigenvalue weighted by atomic mass is 10.2. The predicted molar refractivity (Wildman–Crippen MR) is 60.8 cm³/mol. The van der Waals surface area contributed by atoms with Crippen LogP contribution in [0.15, 0.2) is 6.33 Å². The van der Waals surface area contributed by atoms with Crippen molar-refractivity contribution in [1.29, 1.82) is 0 Å². The van der Waals surface area contributed by atoms with Gasteiger partial charge in [-0.25, -0.2) is 9.97 Å². The molecule has 0 aromatic carbocycles. The first-order valence-corrected chi connectivity index (χ1v) is 5.58. The second kappa shape index (κ2) is 6.53. The number of hydrogen-bond acceptors (Lipinski definition) is 4. The van der Waals surface area contributed by atoms with Gasteiger partial charge in [0.2, 0.25) is 0 Å². The number of carbonyl (C=O) groups is 1. The number of aromatic nitrogens is 2. The fourth-order valence-electron chi connectivity index (χ4n) is 1.28. The molecule has 0 bridgehead atoms. The monoisotopic (exact) mass is 281 g/mol. The Kier molecular flexibility index (Phi) is 5.33. The van der Waals surface area contributed by atoms with Crippen LogP contribution in [0.4, 0.5) is 19.0 Å². The highest BCUT2D eigenvalue weighted by atomic mass is 35.5. The Labute approximate surface area is 107 Å². The summed E-state index contributed by atoms with van der Waals surface area (Å²) in [4.78, 5) is 18.1. The first-order chi connectivity index (χ1) is 8.44. The van der Waals surface area contributed by atoms with E-state index in [1.807, 2.05) is 0 Å². The Balaban J connectivity index is 2.40. The van der Waals surface area contributed by atoms with Crippen molar-refractivity contribution < 1.29 is 18.0 Å². The minimum atomic E-state index is -4.13. The van der Waals surface area contributed by atoms with Crippen LogP contribution in [-0.4, -0.2) is 29.0 Å². The van der Waals surface area contributed by atoms with Crippen molar-refractivity contribution in [3.8, 4) is 0 Å². The number of alkyl halides is 3. The van der Waals surface area contributed by atoms with Crippen LogP contribution in [0.2, 0.25) is 5.15 Å². The van der Waals surface area contributed by atoms with Gasteiger partial charge in [0.1, 0.15) is 17.3 Å². The van der Waals surface area contributed by atoms with Crippen molar-refractivity contribution in [3.05, 3.63) is 17.0 Å². The lowest BCUT2D eigenvalue weighted by molar-refractivity contribution is -0.135. The lowest BCUT2D eigenvalue weighted by Gasteiger charge is -2.09. The maximum atomic E-state index is 11.9. The Morgan fingerprint density at radius 3 is 2.67 bits per heavy atom. The van der Waals surface area contributed by atoms with Crippen LogP contribution < -0.4 is 5.32 Å². The smallest absolute Gasteiger partial charge is 0.369 e. The zero-order chi connectivity index (χ0) is 13.6. The molecule has 0 atom stereocenters. The summed E-state index contributed by atoms with van der Waals surface area (Å²) < 4.78 is 35.6. The van der Waals surface area contributed by atoms with Gasteiger partial charge in [-0.1, -0.05) is 11.6 Å². The summed E-state index contributed by atoms with van der Waals surface area (Å²) in [5.74, 6) is 0.233.